The molecule has 0 aliphatic heterocycles. The molecular formula is C14H18N2O5S. The van der Waals surface area contributed by atoms with Crippen LogP contribution in [0.3, 0.4) is 0 Å². The number of ether oxygens (including phenoxy) is 2. The molecule has 0 unspecified atom stereocenters. The first-order valence-corrected chi connectivity index (χ1v) is 7.57. The van der Waals surface area contributed by atoms with Gasteiger partial charge in [-0.25, -0.2) is 9.59 Å². The highest BCUT2D eigenvalue weighted by molar-refractivity contribution is 7.09. The number of hydrogen-bond acceptors (Lipinski definition) is 7. The van der Waals surface area contributed by atoms with Crippen molar-refractivity contribution in [3.8, 4) is 0 Å². The van der Waals surface area contributed by atoms with Crippen LogP contribution >= 0.6 is 11.3 Å². The number of rotatable bonds is 7. The van der Waals surface area contributed by atoms with Gasteiger partial charge in [-0.1, -0.05) is 6.07 Å². The van der Waals surface area contributed by atoms with Crippen molar-refractivity contribution in [3.05, 3.63) is 34.2 Å². The lowest BCUT2D eigenvalue weighted by molar-refractivity contribution is -0.140. The van der Waals surface area contributed by atoms with E-state index < -0.39 is 18.0 Å². The highest BCUT2D eigenvalue weighted by atomic mass is 32.1. The molecule has 1 aromatic heterocycles. The van der Waals surface area contributed by atoms with Gasteiger partial charge in [0.1, 0.15) is 5.57 Å². The second kappa shape index (κ2) is 9.56. The molecule has 22 heavy (non-hydrogen) atoms. The highest BCUT2D eigenvalue weighted by Gasteiger charge is 2.22. The Bertz CT molecular complexity index is 539. The Morgan fingerprint density at radius 2 is 1.95 bits per heavy atom. The zero-order chi connectivity index (χ0) is 16.4. The largest absolute Gasteiger partial charge is 0.462 e. The van der Waals surface area contributed by atoms with Crippen LogP contribution in [0.1, 0.15) is 18.7 Å². The molecule has 0 saturated carbocycles. The topological polar surface area (TPSA) is 93.7 Å². The van der Waals surface area contributed by atoms with E-state index in [0.29, 0.717) is 6.54 Å². The Hall–Kier alpha value is -2.35. The van der Waals surface area contributed by atoms with Gasteiger partial charge in [0.25, 0.3) is 5.91 Å². The van der Waals surface area contributed by atoms with Crippen LogP contribution in [0, 0.1) is 0 Å². The van der Waals surface area contributed by atoms with Crippen molar-refractivity contribution < 1.29 is 23.9 Å². The Labute approximate surface area is 132 Å². The number of imide groups is 1. The predicted molar refractivity (Wildman–Crippen MR) is 81.0 cm³/mol. The monoisotopic (exact) mass is 326 g/mol. The molecule has 2 N–H and O–H groups in total. The molecule has 0 aromatic carbocycles. The summed E-state index contributed by atoms with van der Waals surface area (Å²) in [7, 11) is 0. The van der Waals surface area contributed by atoms with Crippen molar-refractivity contribution >= 4 is 29.3 Å². The van der Waals surface area contributed by atoms with Gasteiger partial charge in [0, 0.05) is 17.6 Å². The molecule has 0 aliphatic rings. The summed E-state index contributed by atoms with van der Waals surface area (Å²) in [5, 5.41) is 6.72. The van der Waals surface area contributed by atoms with E-state index in [1.807, 2.05) is 22.8 Å². The van der Waals surface area contributed by atoms with Gasteiger partial charge in [0.05, 0.1) is 13.2 Å². The maximum Gasteiger partial charge on any atom is 0.414 e. The predicted octanol–water partition coefficient (Wildman–Crippen LogP) is 1.56. The molecule has 0 fully saturated rings. The van der Waals surface area contributed by atoms with Gasteiger partial charge in [-0.05, 0) is 25.3 Å². The van der Waals surface area contributed by atoms with Crippen LogP contribution in [0.15, 0.2) is 29.3 Å². The van der Waals surface area contributed by atoms with Crippen molar-refractivity contribution in [1.82, 2.24) is 10.6 Å². The van der Waals surface area contributed by atoms with Crippen LogP contribution in [0.5, 0.6) is 0 Å². The van der Waals surface area contributed by atoms with E-state index in [9.17, 15) is 14.4 Å². The SMILES string of the molecule is CCOC(=O)NC(=O)C(=CNCc1cccs1)C(=O)OCC. The average molecular weight is 326 g/mol. The summed E-state index contributed by atoms with van der Waals surface area (Å²) in [6.45, 7) is 3.92. The minimum atomic E-state index is -0.916. The number of alkyl carbamates (subject to hydrolysis) is 1. The molecule has 120 valence electrons. The molecule has 7 nitrogen and oxygen atoms in total. The maximum atomic E-state index is 11.9. The summed E-state index contributed by atoms with van der Waals surface area (Å²) in [5.41, 5.74) is -0.300. The minimum absolute atomic E-state index is 0.119. The molecule has 1 heterocycles. The first-order chi connectivity index (χ1) is 10.6. The molecule has 0 bridgehead atoms. The molecule has 1 aromatic rings. The smallest absolute Gasteiger partial charge is 0.414 e. The van der Waals surface area contributed by atoms with Crippen molar-refractivity contribution in [2.45, 2.75) is 20.4 Å². The molecule has 0 saturated heterocycles. The Kier molecular flexibility index (Phi) is 7.69. The van der Waals surface area contributed by atoms with E-state index in [-0.39, 0.29) is 18.8 Å². The standard InChI is InChI=1S/C14H18N2O5S/c1-3-20-13(18)11(12(17)16-14(19)21-4-2)9-15-8-10-6-5-7-22-10/h5-7,9,15H,3-4,8H2,1-2H3,(H,16,17,19). The maximum absolute atomic E-state index is 11.9. The lowest BCUT2D eigenvalue weighted by atomic mass is 10.2. The quantitative estimate of drug-likeness (QED) is 0.342. The third kappa shape index (κ3) is 5.96. The van der Waals surface area contributed by atoms with Crippen molar-refractivity contribution in [2.75, 3.05) is 13.2 Å². The molecule has 0 spiro atoms. The third-order valence-corrected chi connectivity index (χ3v) is 3.21. The van der Waals surface area contributed by atoms with Gasteiger partial charge in [0.2, 0.25) is 0 Å². The van der Waals surface area contributed by atoms with E-state index in [2.05, 4.69) is 10.1 Å². The minimum Gasteiger partial charge on any atom is -0.462 e. The molecule has 1 rings (SSSR count). The molecule has 2 amide bonds. The normalized spacial score (nSPS) is 10.7. The Balaban J connectivity index is 2.71. The second-order valence-corrected chi connectivity index (χ2v) is 4.95. The van der Waals surface area contributed by atoms with Crippen molar-refractivity contribution in [1.29, 1.82) is 0 Å². The summed E-state index contributed by atoms with van der Waals surface area (Å²) >= 11 is 1.54. The van der Waals surface area contributed by atoms with Crippen LogP contribution in [0.25, 0.3) is 0 Å². The van der Waals surface area contributed by atoms with Gasteiger partial charge in [-0.3, -0.25) is 10.1 Å². The van der Waals surface area contributed by atoms with Gasteiger partial charge in [-0.2, -0.15) is 0 Å². The van der Waals surface area contributed by atoms with Crippen molar-refractivity contribution in [3.63, 3.8) is 0 Å². The number of hydrogen-bond donors (Lipinski definition) is 2. The van der Waals surface area contributed by atoms with Gasteiger partial charge in [0.15, 0.2) is 0 Å². The number of carbonyl (C=O) groups is 3. The first kappa shape index (κ1) is 17.7. The first-order valence-electron chi connectivity index (χ1n) is 6.69. The van der Waals surface area contributed by atoms with Crippen LogP contribution in [-0.4, -0.2) is 31.2 Å². The summed E-state index contributed by atoms with van der Waals surface area (Å²) in [6.07, 6.45) is 0.313. The van der Waals surface area contributed by atoms with Crippen LogP contribution in [0.2, 0.25) is 0 Å². The fourth-order valence-corrected chi connectivity index (χ4v) is 2.08. The lowest BCUT2D eigenvalue weighted by Gasteiger charge is -2.08. The Morgan fingerprint density at radius 3 is 2.55 bits per heavy atom. The number of nitrogens with one attached hydrogen (secondary N) is 2. The summed E-state index contributed by atoms with van der Waals surface area (Å²) in [6, 6.07) is 3.80. The molecule has 0 atom stereocenters. The molecule has 8 heteroatoms. The molecular weight excluding hydrogens is 308 g/mol. The van der Waals surface area contributed by atoms with E-state index in [1.54, 1.807) is 13.8 Å². The lowest BCUT2D eigenvalue weighted by Crippen LogP contribution is -2.35. The van der Waals surface area contributed by atoms with Crippen molar-refractivity contribution in [2.24, 2.45) is 0 Å². The van der Waals surface area contributed by atoms with E-state index in [1.165, 1.54) is 17.5 Å². The fourth-order valence-electron chi connectivity index (χ4n) is 1.42. The molecule has 0 radical (unpaired) electrons. The Morgan fingerprint density at radius 1 is 1.23 bits per heavy atom. The van der Waals surface area contributed by atoms with E-state index in [4.69, 9.17) is 4.74 Å². The number of carbonyl (C=O) groups excluding carboxylic acids is 3. The second-order valence-electron chi connectivity index (χ2n) is 3.91. The van der Waals surface area contributed by atoms with Crippen LogP contribution < -0.4 is 10.6 Å². The van der Waals surface area contributed by atoms with E-state index in [0.717, 1.165) is 4.88 Å². The summed E-state index contributed by atoms with van der Waals surface area (Å²) in [4.78, 5) is 36.0. The summed E-state index contributed by atoms with van der Waals surface area (Å²) < 4.78 is 9.39. The zero-order valence-electron chi connectivity index (χ0n) is 12.4. The summed E-state index contributed by atoms with van der Waals surface area (Å²) in [5.74, 6) is -1.70. The molecule has 0 aliphatic carbocycles. The average Bonchev–Trinajstić information content (AvgIpc) is 2.97. The van der Waals surface area contributed by atoms with Gasteiger partial charge in [-0.15, -0.1) is 11.3 Å². The highest BCUT2D eigenvalue weighted by Crippen LogP contribution is 2.07. The van der Waals surface area contributed by atoms with Crippen LogP contribution in [0.4, 0.5) is 4.79 Å². The zero-order valence-corrected chi connectivity index (χ0v) is 13.2. The van der Waals surface area contributed by atoms with Gasteiger partial charge >= 0.3 is 12.1 Å². The van der Waals surface area contributed by atoms with Gasteiger partial charge < -0.3 is 14.8 Å². The van der Waals surface area contributed by atoms with E-state index >= 15 is 0 Å². The number of esters is 1. The fraction of sp³-hybridized carbons (Fsp3) is 0.357. The third-order valence-electron chi connectivity index (χ3n) is 2.33. The van der Waals surface area contributed by atoms with Crippen LogP contribution in [-0.2, 0) is 25.6 Å². The number of thiophene rings is 1. The number of amides is 2.